The Kier molecular flexibility index (Phi) is 2.17. The highest BCUT2D eigenvalue weighted by atomic mass is 15.2. The molecule has 0 N–H and O–H groups in total. The summed E-state index contributed by atoms with van der Waals surface area (Å²) in [7, 11) is 0. The van der Waals surface area contributed by atoms with E-state index in [1.54, 1.807) is 0 Å². The van der Waals surface area contributed by atoms with Crippen molar-refractivity contribution in [3.63, 3.8) is 0 Å². The summed E-state index contributed by atoms with van der Waals surface area (Å²) in [6.07, 6.45) is 8.89. The Labute approximate surface area is 69.8 Å². The quantitative estimate of drug-likeness (QED) is 0.559. The molecule has 0 radical (unpaired) electrons. The molecule has 1 heteroatoms. The summed E-state index contributed by atoms with van der Waals surface area (Å²) < 4.78 is 0. The zero-order valence-corrected chi connectivity index (χ0v) is 7.55. The molecular formula is C10H19N. The highest BCUT2D eigenvalue weighted by molar-refractivity contribution is 4.89. The number of fused-ring (bicyclic) bond motifs is 2. The molecule has 0 aromatic heterocycles. The molecule has 1 nitrogen and oxygen atoms in total. The zero-order chi connectivity index (χ0) is 7.68. The third kappa shape index (κ3) is 1.31. The fourth-order valence-electron chi connectivity index (χ4n) is 2.91. The highest BCUT2D eigenvalue weighted by Gasteiger charge is 2.33. The fourth-order valence-corrected chi connectivity index (χ4v) is 2.91. The number of rotatable bonds is 1. The first-order valence-electron chi connectivity index (χ1n) is 5.17. The minimum Gasteiger partial charge on any atom is -0.298 e. The van der Waals surface area contributed by atoms with Crippen LogP contribution in [0.25, 0.3) is 0 Å². The predicted molar refractivity (Wildman–Crippen MR) is 47.7 cm³/mol. The van der Waals surface area contributed by atoms with Crippen LogP contribution in [0.5, 0.6) is 0 Å². The minimum atomic E-state index is 0.965. The van der Waals surface area contributed by atoms with Crippen LogP contribution in [0.1, 0.15) is 45.4 Å². The minimum absolute atomic E-state index is 0.965. The van der Waals surface area contributed by atoms with E-state index in [-0.39, 0.29) is 0 Å². The van der Waals surface area contributed by atoms with Gasteiger partial charge in [0.15, 0.2) is 0 Å². The lowest BCUT2D eigenvalue weighted by molar-refractivity contribution is 0.206. The summed E-state index contributed by atoms with van der Waals surface area (Å²) in [4.78, 5) is 2.74. The highest BCUT2D eigenvalue weighted by Crippen LogP contribution is 2.33. The molecule has 0 amide bonds. The van der Waals surface area contributed by atoms with Gasteiger partial charge in [0.1, 0.15) is 0 Å². The average Bonchev–Trinajstić information content (AvgIpc) is 2.23. The molecule has 2 bridgehead atoms. The van der Waals surface area contributed by atoms with Crippen molar-refractivity contribution in [2.24, 2.45) is 0 Å². The van der Waals surface area contributed by atoms with Crippen molar-refractivity contribution in [3.8, 4) is 0 Å². The van der Waals surface area contributed by atoms with E-state index in [2.05, 4.69) is 11.8 Å². The van der Waals surface area contributed by atoms with E-state index in [1.807, 2.05) is 0 Å². The van der Waals surface area contributed by atoms with Crippen molar-refractivity contribution < 1.29 is 0 Å². The molecule has 2 unspecified atom stereocenters. The summed E-state index contributed by atoms with van der Waals surface area (Å²) in [5.74, 6) is 0. The van der Waals surface area contributed by atoms with Crippen molar-refractivity contribution in [2.75, 3.05) is 6.54 Å². The van der Waals surface area contributed by atoms with Gasteiger partial charge in [-0.3, -0.25) is 4.90 Å². The maximum absolute atomic E-state index is 2.74. The van der Waals surface area contributed by atoms with E-state index in [0.29, 0.717) is 0 Å². The molecule has 2 atom stereocenters. The zero-order valence-electron chi connectivity index (χ0n) is 7.55. The van der Waals surface area contributed by atoms with E-state index in [9.17, 15) is 0 Å². The monoisotopic (exact) mass is 153 g/mol. The lowest BCUT2D eigenvalue weighted by Crippen LogP contribution is -2.34. The number of hydrogen-bond donors (Lipinski definition) is 0. The molecule has 64 valence electrons. The standard InChI is InChI=1S/C10H19N/c1-2-11-9-5-3-4-6-10(11)8-7-9/h9-10H,2-8H2,1H3. The van der Waals surface area contributed by atoms with Gasteiger partial charge in [0, 0.05) is 12.1 Å². The summed E-state index contributed by atoms with van der Waals surface area (Å²) in [5, 5.41) is 0. The second-order valence-corrected chi connectivity index (χ2v) is 4.00. The molecule has 0 saturated carbocycles. The van der Waals surface area contributed by atoms with Gasteiger partial charge in [-0.2, -0.15) is 0 Å². The van der Waals surface area contributed by atoms with Crippen molar-refractivity contribution in [3.05, 3.63) is 0 Å². The van der Waals surface area contributed by atoms with Gasteiger partial charge in [-0.15, -0.1) is 0 Å². The van der Waals surface area contributed by atoms with Gasteiger partial charge in [0.2, 0.25) is 0 Å². The maximum Gasteiger partial charge on any atom is 0.00986 e. The van der Waals surface area contributed by atoms with Crippen molar-refractivity contribution in [2.45, 2.75) is 57.5 Å². The van der Waals surface area contributed by atoms with E-state index >= 15 is 0 Å². The molecule has 2 heterocycles. The first kappa shape index (κ1) is 7.60. The van der Waals surface area contributed by atoms with Crippen molar-refractivity contribution in [1.82, 2.24) is 4.90 Å². The normalized spacial score (nSPS) is 39.0. The van der Waals surface area contributed by atoms with E-state index < -0.39 is 0 Å². The van der Waals surface area contributed by atoms with Crippen LogP contribution in [-0.2, 0) is 0 Å². The van der Waals surface area contributed by atoms with E-state index in [4.69, 9.17) is 0 Å². The molecule has 0 spiro atoms. The molecule has 0 aliphatic carbocycles. The third-order valence-electron chi connectivity index (χ3n) is 3.46. The van der Waals surface area contributed by atoms with Crippen LogP contribution >= 0.6 is 0 Å². The molecule has 2 aliphatic heterocycles. The van der Waals surface area contributed by atoms with Crippen LogP contribution in [0.2, 0.25) is 0 Å². The smallest absolute Gasteiger partial charge is 0.00986 e. The van der Waals surface area contributed by atoms with Crippen LogP contribution in [0.15, 0.2) is 0 Å². The van der Waals surface area contributed by atoms with Gasteiger partial charge in [-0.1, -0.05) is 19.8 Å². The van der Waals surface area contributed by atoms with Gasteiger partial charge in [0.25, 0.3) is 0 Å². The molecule has 2 fully saturated rings. The van der Waals surface area contributed by atoms with Gasteiger partial charge >= 0.3 is 0 Å². The lowest BCUT2D eigenvalue weighted by Gasteiger charge is -2.25. The lowest BCUT2D eigenvalue weighted by atomic mass is 10.0. The summed E-state index contributed by atoms with van der Waals surface area (Å²) >= 11 is 0. The van der Waals surface area contributed by atoms with E-state index in [1.165, 1.54) is 45.1 Å². The number of nitrogens with zero attached hydrogens (tertiary/aromatic N) is 1. The summed E-state index contributed by atoms with van der Waals surface area (Å²) in [5.41, 5.74) is 0. The third-order valence-corrected chi connectivity index (χ3v) is 3.46. The van der Waals surface area contributed by atoms with Crippen LogP contribution in [-0.4, -0.2) is 23.5 Å². The SMILES string of the molecule is CCN1C2CCCCC1CC2. The van der Waals surface area contributed by atoms with Gasteiger partial charge < -0.3 is 0 Å². The number of hydrogen-bond acceptors (Lipinski definition) is 1. The van der Waals surface area contributed by atoms with Crippen LogP contribution < -0.4 is 0 Å². The van der Waals surface area contributed by atoms with Crippen molar-refractivity contribution >= 4 is 0 Å². The van der Waals surface area contributed by atoms with Crippen LogP contribution in [0.3, 0.4) is 0 Å². The van der Waals surface area contributed by atoms with Crippen molar-refractivity contribution in [1.29, 1.82) is 0 Å². The maximum atomic E-state index is 2.74. The van der Waals surface area contributed by atoms with Gasteiger partial charge in [-0.25, -0.2) is 0 Å². The second kappa shape index (κ2) is 3.14. The molecule has 0 aromatic rings. The molecule has 2 saturated heterocycles. The summed E-state index contributed by atoms with van der Waals surface area (Å²) in [6, 6.07) is 1.93. The molecule has 11 heavy (non-hydrogen) atoms. The average molecular weight is 153 g/mol. The molecule has 2 rings (SSSR count). The Morgan fingerprint density at radius 1 is 1.00 bits per heavy atom. The Morgan fingerprint density at radius 2 is 1.55 bits per heavy atom. The fraction of sp³-hybridized carbons (Fsp3) is 1.00. The first-order chi connectivity index (χ1) is 5.42. The van der Waals surface area contributed by atoms with Gasteiger partial charge in [-0.05, 0) is 32.2 Å². The van der Waals surface area contributed by atoms with Gasteiger partial charge in [0.05, 0.1) is 0 Å². The Hall–Kier alpha value is -0.0400. The topological polar surface area (TPSA) is 3.24 Å². The Bertz CT molecular complexity index is 119. The van der Waals surface area contributed by atoms with E-state index in [0.717, 1.165) is 12.1 Å². The molecule has 0 aromatic carbocycles. The van der Waals surface area contributed by atoms with Crippen LogP contribution in [0, 0.1) is 0 Å². The first-order valence-corrected chi connectivity index (χ1v) is 5.17. The Balaban J connectivity index is 2.06. The molecule has 2 aliphatic rings. The Morgan fingerprint density at radius 3 is 2.00 bits per heavy atom. The summed E-state index contributed by atoms with van der Waals surface area (Å²) in [6.45, 7) is 3.60. The second-order valence-electron chi connectivity index (χ2n) is 4.00. The van der Waals surface area contributed by atoms with Crippen LogP contribution in [0.4, 0.5) is 0 Å². The largest absolute Gasteiger partial charge is 0.298 e. The predicted octanol–water partition coefficient (Wildman–Crippen LogP) is 2.41. The molecular weight excluding hydrogens is 134 g/mol.